The lowest BCUT2D eigenvalue weighted by molar-refractivity contribution is -0.385. The zero-order valence-electron chi connectivity index (χ0n) is 9.67. The van der Waals surface area contributed by atoms with Crippen LogP contribution in [0.3, 0.4) is 0 Å². The fourth-order valence-electron chi connectivity index (χ4n) is 1.61. The van der Waals surface area contributed by atoms with Crippen LogP contribution in [0.1, 0.15) is 35.3 Å². The van der Waals surface area contributed by atoms with Gasteiger partial charge in [0.05, 0.1) is 10.5 Å². The SMILES string of the molecule is CCc1cc(C(C)=O)c(C(F)(F)F)cc1[N+](=O)[O-]. The molecular weight excluding hydrogens is 251 g/mol. The molecule has 0 atom stereocenters. The molecule has 1 aromatic rings. The molecule has 1 aromatic carbocycles. The number of nitrogens with zero attached hydrogens (tertiary/aromatic N) is 1. The van der Waals surface area contributed by atoms with E-state index in [0.29, 0.717) is 6.07 Å². The Kier molecular flexibility index (Phi) is 3.73. The number of carbonyl (C=O) groups excluding carboxylic acids is 1. The average Bonchev–Trinajstić information content (AvgIpc) is 2.25. The van der Waals surface area contributed by atoms with Gasteiger partial charge in [-0.25, -0.2) is 0 Å². The van der Waals surface area contributed by atoms with Crippen LogP contribution in [0.4, 0.5) is 18.9 Å². The molecule has 0 saturated heterocycles. The largest absolute Gasteiger partial charge is 0.417 e. The van der Waals surface area contributed by atoms with Gasteiger partial charge >= 0.3 is 6.18 Å². The monoisotopic (exact) mass is 261 g/mol. The molecule has 0 aromatic heterocycles. The summed E-state index contributed by atoms with van der Waals surface area (Å²) < 4.78 is 38.1. The first-order chi connectivity index (χ1) is 8.18. The minimum Gasteiger partial charge on any atom is -0.294 e. The highest BCUT2D eigenvalue weighted by Gasteiger charge is 2.37. The number of aryl methyl sites for hydroxylation is 1. The van der Waals surface area contributed by atoms with Crippen molar-refractivity contribution in [2.75, 3.05) is 0 Å². The number of Topliss-reactive ketones (excluding diaryl/α,β-unsaturated/α-hetero) is 1. The maximum atomic E-state index is 12.7. The number of rotatable bonds is 3. The lowest BCUT2D eigenvalue weighted by Gasteiger charge is -2.12. The van der Waals surface area contributed by atoms with E-state index in [2.05, 4.69) is 0 Å². The minimum atomic E-state index is -4.79. The van der Waals surface area contributed by atoms with Crippen LogP contribution in [0.15, 0.2) is 12.1 Å². The van der Waals surface area contributed by atoms with Gasteiger partial charge in [-0.1, -0.05) is 6.92 Å². The molecule has 0 spiro atoms. The van der Waals surface area contributed by atoms with E-state index >= 15 is 0 Å². The maximum absolute atomic E-state index is 12.7. The summed E-state index contributed by atoms with van der Waals surface area (Å²) in [5.74, 6) is -0.771. The zero-order chi connectivity index (χ0) is 14.1. The van der Waals surface area contributed by atoms with Gasteiger partial charge in [0, 0.05) is 17.2 Å². The highest BCUT2D eigenvalue weighted by atomic mass is 19.4. The second kappa shape index (κ2) is 4.75. The third-order valence-electron chi connectivity index (χ3n) is 2.48. The van der Waals surface area contributed by atoms with Crippen LogP contribution in [0.5, 0.6) is 0 Å². The molecule has 98 valence electrons. The number of hydrogen-bond acceptors (Lipinski definition) is 3. The molecule has 0 aliphatic heterocycles. The summed E-state index contributed by atoms with van der Waals surface area (Å²) in [4.78, 5) is 21.0. The molecule has 0 radical (unpaired) electrons. The Hall–Kier alpha value is -1.92. The van der Waals surface area contributed by atoms with Crippen molar-refractivity contribution in [3.8, 4) is 0 Å². The van der Waals surface area contributed by atoms with E-state index in [0.717, 1.165) is 13.0 Å². The number of carbonyl (C=O) groups is 1. The van der Waals surface area contributed by atoms with Gasteiger partial charge in [-0.05, 0) is 19.4 Å². The summed E-state index contributed by atoms with van der Waals surface area (Å²) in [5.41, 5.74) is -2.31. The number of hydrogen-bond donors (Lipinski definition) is 0. The lowest BCUT2D eigenvalue weighted by Crippen LogP contribution is -2.13. The predicted molar refractivity (Wildman–Crippen MR) is 57.5 cm³/mol. The molecule has 0 bridgehead atoms. The second-order valence-electron chi connectivity index (χ2n) is 3.69. The number of halogens is 3. The Morgan fingerprint density at radius 3 is 2.28 bits per heavy atom. The minimum absolute atomic E-state index is 0.109. The first kappa shape index (κ1) is 14.1. The van der Waals surface area contributed by atoms with Crippen molar-refractivity contribution in [1.29, 1.82) is 0 Å². The maximum Gasteiger partial charge on any atom is 0.417 e. The normalized spacial score (nSPS) is 11.4. The van der Waals surface area contributed by atoms with Crippen molar-refractivity contribution in [3.63, 3.8) is 0 Å². The third-order valence-corrected chi connectivity index (χ3v) is 2.48. The van der Waals surface area contributed by atoms with Gasteiger partial charge in [0.2, 0.25) is 0 Å². The first-order valence-electron chi connectivity index (χ1n) is 5.08. The summed E-state index contributed by atoms with van der Waals surface area (Å²) in [6.45, 7) is 2.56. The van der Waals surface area contributed by atoms with Crippen LogP contribution >= 0.6 is 0 Å². The molecule has 0 unspecified atom stereocenters. The second-order valence-corrected chi connectivity index (χ2v) is 3.69. The Morgan fingerprint density at radius 2 is 1.94 bits per heavy atom. The molecule has 7 heteroatoms. The van der Waals surface area contributed by atoms with Crippen molar-refractivity contribution in [2.45, 2.75) is 26.4 Å². The van der Waals surface area contributed by atoms with Crippen molar-refractivity contribution in [1.82, 2.24) is 0 Å². The van der Waals surface area contributed by atoms with E-state index in [1.807, 2.05) is 0 Å². The van der Waals surface area contributed by atoms with E-state index < -0.39 is 33.7 Å². The van der Waals surface area contributed by atoms with Crippen LogP contribution in [0.2, 0.25) is 0 Å². The smallest absolute Gasteiger partial charge is 0.294 e. The standard InChI is InChI=1S/C11H10F3NO3/c1-3-7-4-8(6(2)16)9(11(12,13)14)5-10(7)15(17)18/h4-5H,3H2,1-2H3. The van der Waals surface area contributed by atoms with Gasteiger partial charge in [-0.2, -0.15) is 13.2 Å². The van der Waals surface area contributed by atoms with E-state index in [1.54, 1.807) is 6.92 Å². The summed E-state index contributed by atoms with van der Waals surface area (Å²) in [6.07, 6.45) is -4.62. The van der Waals surface area contributed by atoms with Gasteiger partial charge in [0.15, 0.2) is 5.78 Å². The molecule has 0 aliphatic carbocycles. The summed E-state index contributed by atoms with van der Waals surface area (Å²) >= 11 is 0. The fourth-order valence-corrected chi connectivity index (χ4v) is 1.61. The van der Waals surface area contributed by atoms with Gasteiger partial charge < -0.3 is 0 Å². The number of alkyl halides is 3. The molecule has 0 amide bonds. The van der Waals surface area contributed by atoms with E-state index in [1.165, 1.54) is 0 Å². The number of nitro benzene ring substituents is 1. The average molecular weight is 261 g/mol. The van der Waals surface area contributed by atoms with Gasteiger partial charge in [-0.3, -0.25) is 14.9 Å². The molecule has 0 aliphatic rings. The summed E-state index contributed by atoms with van der Waals surface area (Å²) in [5, 5.41) is 10.7. The predicted octanol–water partition coefficient (Wildman–Crippen LogP) is 3.38. The van der Waals surface area contributed by atoms with E-state index in [-0.39, 0.29) is 12.0 Å². The fraction of sp³-hybridized carbons (Fsp3) is 0.364. The van der Waals surface area contributed by atoms with Crippen molar-refractivity contribution in [2.24, 2.45) is 0 Å². The molecule has 0 heterocycles. The van der Waals surface area contributed by atoms with Gasteiger partial charge in [-0.15, -0.1) is 0 Å². The number of nitro groups is 1. The van der Waals surface area contributed by atoms with Crippen LogP contribution in [-0.4, -0.2) is 10.7 Å². The first-order valence-corrected chi connectivity index (χ1v) is 5.08. The van der Waals surface area contributed by atoms with Crippen LogP contribution in [-0.2, 0) is 12.6 Å². The lowest BCUT2D eigenvalue weighted by atomic mass is 9.98. The van der Waals surface area contributed by atoms with Crippen LogP contribution in [0.25, 0.3) is 0 Å². The quantitative estimate of drug-likeness (QED) is 0.476. The van der Waals surface area contributed by atoms with Crippen molar-refractivity contribution < 1.29 is 22.9 Å². The van der Waals surface area contributed by atoms with Gasteiger partial charge in [0.1, 0.15) is 0 Å². The molecule has 0 N–H and O–H groups in total. The summed E-state index contributed by atoms with van der Waals surface area (Å²) in [6, 6.07) is 1.37. The Labute approximate surface area is 101 Å². The van der Waals surface area contributed by atoms with Gasteiger partial charge in [0.25, 0.3) is 5.69 Å². The molecule has 4 nitrogen and oxygen atoms in total. The summed E-state index contributed by atoms with van der Waals surface area (Å²) in [7, 11) is 0. The van der Waals surface area contributed by atoms with Crippen molar-refractivity contribution in [3.05, 3.63) is 38.9 Å². The zero-order valence-corrected chi connectivity index (χ0v) is 9.67. The number of benzene rings is 1. The molecule has 0 saturated carbocycles. The van der Waals surface area contributed by atoms with Crippen LogP contribution in [0, 0.1) is 10.1 Å². The van der Waals surface area contributed by atoms with E-state index in [4.69, 9.17) is 0 Å². The van der Waals surface area contributed by atoms with E-state index in [9.17, 15) is 28.1 Å². The van der Waals surface area contributed by atoms with Crippen LogP contribution < -0.4 is 0 Å². The Balaban J connectivity index is 3.63. The van der Waals surface area contributed by atoms with Crippen molar-refractivity contribution >= 4 is 11.5 Å². The molecule has 18 heavy (non-hydrogen) atoms. The topological polar surface area (TPSA) is 60.2 Å². The molecular formula is C11H10F3NO3. The highest BCUT2D eigenvalue weighted by Crippen LogP contribution is 2.36. The highest BCUT2D eigenvalue weighted by molar-refractivity contribution is 5.96. The Morgan fingerprint density at radius 1 is 1.39 bits per heavy atom. The third kappa shape index (κ3) is 2.66. The Bertz CT molecular complexity index is 509. The molecule has 0 fully saturated rings. The molecule has 1 rings (SSSR count). The number of ketones is 1.